The Labute approximate surface area is 107 Å². The van der Waals surface area contributed by atoms with Crippen LogP contribution in [-0.4, -0.2) is 30.8 Å². The normalized spacial score (nSPS) is 10.3. The van der Waals surface area contributed by atoms with E-state index in [-0.39, 0.29) is 5.56 Å². The maximum Gasteiger partial charge on any atom is 0.337 e. The van der Waals surface area contributed by atoms with Crippen LogP contribution < -0.4 is 11.1 Å². The van der Waals surface area contributed by atoms with Gasteiger partial charge in [0.05, 0.1) is 16.9 Å². The molecule has 5 heteroatoms. The zero-order valence-electron chi connectivity index (χ0n) is 10.6. The van der Waals surface area contributed by atoms with Crippen molar-refractivity contribution in [2.24, 2.45) is 0 Å². The number of rotatable bonds is 8. The Balaban J connectivity index is 2.48. The number of carboxylic acid groups (broad SMARTS) is 1. The molecule has 0 atom stereocenters. The van der Waals surface area contributed by atoms with Crippen LogP contribution in [0.15, 0.2) is 18.2 Å². The molecule has 0 amide bonds. The second-order valence-corrected chi connectivity index (χ2v) is 3.97. The highest BCUT2D eigenvalue weighted by Gasteiger charge is 2.11. The molecular formula is C13H20N2O3. The summed E-state index contributed by atoms with van der Waals surface area (Å²) in [5.41, 5.74) is 6.90. The molecule has 0 aliphatic rings. The Bertz CT molecular complexity index is 394. The second-order valence-electron chi connectivity index (χ2n) is 3.97. The highest BCUT2D eigenvalue weighted by Crippen LogP contribution is 2.23. The SMILES string of the molecule is CCCOCCCNc1c(N)cccc1C(=O)O. The van der Waals surface area contributed by atoms with Gasteiger partial charge < -0.3 is 20.9 Å². The third-order valence-corrected chi connectivity index (χ3v) is 2.44. The Morgan fingerprint density at radius 3 is 2.89 bits per heavy atom. The monoisotopic (exact) mass is 252 g/mol. The minimum Gasteiger partial charge on any atom is -0.478 e. The number of ether oxygens (including phenoxy) is 1. The second kappa shape index (κ2) is 7.55. The van der Waals surface area contributed by atoms with Crippen LogP contribution in [0.25, 0.3) is 0 Å². The standard InChI is InChI=1S/C13H20N2O3/c1-2-8-18-9-4-7-15-12-10(13(16)17)5-3-6-11(12)14/h3,5-6,15H,2,4,7-9,14H2,1H3,(H,16,17). The van der Waals surface area contributed by atoms with Crippen molar-refractivity contribution in [1.82, 2.24) is 0 Å². The van der Waals surface area contributed by atoms with Crippen LogP contribution in [0.1, 0.15) is 30.1 Å². The number of hydrogen-bond acceptors (Lipinski definition) is 4. The minimum absolute atomic E-state index is 0.199. The Hall–Kier alpha value is -1.75. The third-order valence-electron chi connectivity index (χ3n) is 2.44. The lowest BCUT2D eigenvalue weighted by molar-refractivity contribution is 0.0698. The van der Waals surface area contributed by atoms with E-state index in [9.17, 15) is 4.79 Å². The van der Waals surface area contributed by atoms with Crippen LogP contribution >= 0.6 is 0 Å². The van der Waals surface area contributed by atoms with Gasteiger partial charge in [-0.15, -0.1) is 0 Å². The molecule has 0 saturated carbocycles. The van der Waals surface area contributed by atoms with Crippen LogP contribution in [-0.2, 0) is 4.74 Å². The number of carboxylic acids is 1. The van der Waals surface area contributed by atoms with Gasteiger partial charge in [-0.05, 0) is 25.0 Å². The van der Waals surface area contributed by atoms with Crippen LogP contribution in [0.4, 0.5) is 11.4 Å². The molecule has 4 N–H and O–H groups in total. The summed E-state index contributed by atoms with van der Waals surface area (Å²) in [6, 6.07) is 4.85. The molecule has 0 spiro atoms. The van der Waals surface area contributed by atoms with Gasteiger partial charge in [0.15, 0.2) is 0 Å². The number of benzene rings is 1. The van der Waals surface area contributed by atoms with Crippen molar-refractivity contribution in [2.75, 3.05) is 30.8 Å². The quantitative estimate of drug-likeness (QED) is 0.488. The largest absolute Gasteiger partial charge is 0.478 e. The number of carbonyl (C=O) groups is 1. The number of hydrogen-bond donors (Lipinski definition) is 3. The molecule has 0 aromatic heterocycles. The van der Waals surface area contributed by atoms with E-state index in [2.05, 4.69) is 12.2 Å². The molecule has 0 bridgehead atoms. The fourth-order valence-corrected chi connectivity index (χ4v) is 1.58. The van der Waals surface area contributed by atoms with E-state index in [0.717, 1.165) is 19.4 Å². The van der Waals surface area contributed by atoms with Gasteiger partial charge in [0.25, 0.3) is 0 Å². The summed E-state index contributed by atoms with van der Waals surface area (Å²) in [4.78, 5) is 11.0. The highest BCUT2D eigenvalue weighted by molar-refractivity contribution is 5.97. The molecule has 1 rings (SSSR count). The molecule has 1 aromatic carbocycles. The van der Waals surface area contributed by atoms with Crippen LogP contribution in [0, 0.1) is 0 Å². The van der Waals surface area contributed by atoms with E-state index < -0.39 is 5.97 Å². The van der Waals surface area contributed by atoms with Crippen LogP contribution in [0.5, 0.6) is 0 Å². The molecule has 0 radical (unpaired) electrons. The number of anilines is 2. The molecule has 0 fully saturated rings. The summed E-state index contributed by atoms with van der Waals surface area (Å²) in [7, 11) is 0. The number of nitrogens with two attached hydrogens (primary N) is 1. The highest BCUT2D eigenvalue weighted by atomic mass is 16.5. The first-order chi connectivity index (χ1) is 8.66. The first-order valence-corrected chi connectivity index (χ1v) is 6.10. The van der Waals surface area contributed by atoms with Crippen molar-refractivity contribution in [1.29, 1.82) is 0 Å². The van der Waals surface area contributed by atoms with Gasteiger partial charge in [-0.3, -0.25) is 0 Å². The van der Waals surface area contributed by atoms with Crippen molar-refractivity contribution in [3.8, 4) is 0 Å². The molecule has 0 heterocycles. The van der Waals surface area contributed by atoms with Crippen LogP contribution in [0.3, 0.4) is 0 Å². The molecule has 0 saturated heterocycles. The molecule has 5 nitrogen and oxygen atoms in total. The maximum atomic E-state index is 11.0. The Morgan fingerprint density at radius 1 is 1.44 bits per heavy atom. The number of nitrogens with one attached hydrogen (secondary N) is 1. The predicted octanol–water partition coefficient (Wildman–Crippen LogP) is 2.20. The van der Waals surface area contributed by atoms with Crippen molar-refractivity contribution in [3.63, 3.8) is 0 Å². The summed E-state index contributed by atoms with van der Waals surface area (Å²) >= 11 is 0. The van der Waals surface area contributed by atoms with E-state index >= 15 is 0 Å². The van der Waals surface area contributed by atoms with E-state index in [0.29, 0.717) is 24.5 Å². The topological polar surface area (TPSA) is 84.6 Å². The van der Waals surface area contributed by atoms with Crippen molar-refractivity contribution < 1.29 is 14.6 Å². The molecule has 100 valence electrons. The molecule has 1 aromatic rings. The average molecular weight is 252 g/mol. The number of para-hydroxylation sites is 1. The Morgan fingerprint density at radius 2 is 2.22 bits per heavy atom. The lowest BCUT2D eigenvalue weighted by Gasteiger charge is -2.12. The minimum atomic E-state index is -0.980. The van der Waals surface area contributed by atoms with Gasteiger partial charge in [0, 0.05) is 19.8 Å². The molecule has 0 aliphatic carbocycles. The summed E-state index contributed by atoms with van der Waals surface area (Å²) in [5, 5.41) is 12.1. The number of nitrogen functional groups attached to an aromatic ring is 1. The molecular weight excluding hydrogens is 232 g/mol. The molecule has 0 aliphatic heterocycles. The van der Waals surface area contributed by atoms with E-state index in [4.69, 9.17) is 15.6 Å². The average Bonchev–Trinajstić information content (AvgIpc) is 2.34. The molecule has 0 unspecified atom stereocenters. The van der Waals surface area contributed by atoms with E-state index in [1.807, 2.05) is 0 Å². The zero-order valence-corrected chi connectivity index (χ0v) is 10.6. The number of aromatic carboxylic acids is 1. The van der Waals surface area contributed by atoms with Gasteiger partial charge in [-0.1, -0.05) is 13.0 Å². The fraction of sp³-hybridized carbons (Fsp3) is 0.462. The van der Waals surface area contributed by atoms with E-state index in [1.165, 1.54) is 6.07 Å². The van der Waals surface area contributed by atoms with Crippen LogP contribution in [0.2, 0.25) is 0 Å². The van der Waals surface area contributed by atoms with E-state index in [1.54, 1.807) is 12.1 Å². The predicted molar refractivity (Wildman–Crippen MR) is 72.0 cm³/mol. The van der Waals surface area contributed by atoms with Gasteiger partial charge in [-0.25, -0.2) is 4.79 Å². The van der Waals surface area contributed by atoms with Crippen molar-refractivity contribution >= 4 is 17.3 Å². The summed E-state index contributed by atoms with van der Waals surface area (Å²) in [6.45, 7) is 4.12. The lowest BCUT2D eigenvalue weighted by atomic mass is 10.1. The lowest BCUT2D eigenvalue weighted by Crippen LogP contribution is -2.11. The Kier molecular flexibility index (Phi) is 6.00. The molecule has 18 heavy (non-hydrogen) atoms. The van der Waals surface area contributed by atoms with Gasteiger partial charge >= 0.3 is 5.97 Å². The third kappa shape index (κ3) is 4.25. The summed E-state index contributed by atoms with van der Waals surface area (Å²) in [6.07, 6.45) is 1.82. The fourth-order valence-electron chi connectivity index (χ4n) is 1.58. The van der Waals surface area contributed by atoms with Gasteiger partial charge in [-0.2, -0.15) is 0 Å². The van der Waals surface area contributed by atoms with Crippen molar-refractivity contribution in [3.05, 3.63) is 23.8 Å². The smallest absolute Gasteiger partial charge is 0.337 e. The maximum absolute atomic E-state index is 11.0. The first kappa shape index (κ1) is 14.3. The van der Waals surface area contributed by atoms with Gasteiger partial charge in [0.1, 0.15) is 0 Å². The van der Waals surface area contributed by atoms with Crippen molar-refractivity contribution in [2.45, 2.75) is 19.8 Å². The summed E-state index contributed by atoms with van der Waals surface area (Å²) < 4.78 is 5.34. The zero-order chi connectivity index (χ0) is 13.4. The van der Waals surface area contributed by atoms with Gasteiger partial charge in [0.2, 0.25) is 0 Å². The summed E-state index contributed by atoms with van der Waals surface area (Å²) in [5.74, 6) is -0.980. The first-order valence-electron chi connectivity index (χ1n) is 6.10.